The van der Waals surface area contributed by atoms with Crippen LogP contribution in [0.3, 0.4) is 0 Å². The minimum absolute atomic E-state index is 0.152. The van der Waals surface area contributed by atoms with Crippen molar-refractivity contribution in [1.29, 1.82) is 0 Å². The average molecular weight is 411 g/mol. The van der Waals surface area contributed by atoms with Crippen molar-refractivity contribution in [1.82, 2.24) is 24.5 Å². The number of aryl methyl sites for hydroxylation is 2. The molecule has 0 radical (unpaired) electrons. The van der Waals surface area contributed by atoms with Crippen molar-refractivity contribution in [2.45, 2.75) is 33.2 Å². The predicted molar refractivity (Wildman–Crippen MR) is 109 cm³/mol. The molecule has 2 aromatic heterocycles. The Morgan fingerprint density at radius 3 is 2.60 bits per heavy atom. The molecule has 0 aliphatic rings. The third-order valence-corrected chi connectivity index (χ3v) is 4.93. The number of nitrogens with zero attached hydrogens (tertiary/aromatic N) is 5. The van der Waals surface area contributed by atoms with E-state index >= 15 is 0 Å². The van der Waals surface area contributed by atoms with Gasteiger partial charge < -0.3 is 14.4 Å². The Kier molecular flexibility index (Phi) is 6.61. The maximum Gasteiger partial charge on any atom is 0.306 e. The molecule has 0 aliphatic carbocycles. The first kappa shape index (κ1) is 21.2. The number of benzene rings is 1. The van der Waals surface area contributed by atoms with E-state index in [1.807, 2.05) is 38.1 Å². The molecule has 9 nitrogen and oxygen atoms in total. The standard InChI is InChI=1S/C21H25N5O4/c1-14-18(15(2)26-21(24-14)22-13-23-26)9-10-20(28)30-12-19(27)25(3)11-16-5-7-17(29-4)8-6-16/h5-8,13H,9-12H2,1-4H3. The summed E-state index contributed by atoms with van der Waals surface area (Å²) in [5.74, 6) is 0.586. The van der Waals surface area contributed by atoms with Gasteiger partial charge in [-0.1, -0.05) is 12.1 Å². The number of fused-ring (bicyclic) bond motifs is 1. The number of aromatic nitrogens is 4. The number of amides is 1. The molecule has 3 aromatic rings. The Balaban J connectivity index is 1.48. The quantitative estimate of drug-likeness (QED) is 0.522. The van der Waals surface area contributed by atoms with Crippen molar-refractivity contribution in [3.63, 3.8) is 0 Å². The molecule has 0 unspecified atom stereocenters. The van der Waals surface area contributed by atoms with E-state index in [4.69, 9.17) is 9.47 Å². The number of esters is 1. The van der Waals surface area contributed by atoms with Crippen molar-refractivity contribution >= 4 is 17.7 Å². The van der Waals surface area contributed by atoms with E-state index in [1.54, 1.807) is 18.7 Å². The number of likely N-dealkylation sites (N-methyl/N-ethyl adjacent to an activating group) is 1. The summed E-state index contributed by atoms with van der Waals surface area (Å²) in [6.45, 7) is 3.92. The van der Waals surface area contributed by atoms with Gasteiger partial charge in [-0.2, -0.15) is 10.1 Å². The zero-order valence-corrected chi connectivity index (χ0v) is 17.6. The van der Waals surface area contributed by atoms with Gasteiger partial charge in [0.2, 0.25) is 0 Å². The number of carbonyl (C=O) groups is 2. The smallest absolute Gasteiger partial charge is 0.306 e. The van der Waals surface area contributed by atoms with E-state index in [0.29, 0.717) is 18.7 Å². The highest BCUT2D eigenvalue weighted by molar-refractivity contribution is 5.80. The molecule has 0 bridgehead atoms. The Morgan fingerprint density at radius 2 is 1.90 bits per heavy atom. The van der Waals surface area contributed by atoms with Crippen molar-refractivity contribution in [2.24, 2.45) is 0 Å². The Morgan fingerprint density at radius 1 is 1.17 bits per heavy atom. The summed E-state index contributed by atoms with van der Waals surface area (Å²) >= 11 is 0. The Hall–Kier alpha value is -3.49. The van der Waals surface area contributed by atoms with Gasteiger partial charge in [-0.3, -0.25) is 9.59 Å². The van der Waals surface area contributed by atoms with Crippen LogP contribution < -0.4 is 4.74 Å². The molecule has 0 saturated carbocycles. The maximum atomic E-state index is 12.3. The second-order valence-corrected chi connectivity index (χ2v) is 6.99. The number of rotatable bonds is 8. The van der Waals surface area contributed by atoms with E-state index in [1.165, 1.54) is 11.2 Å². The molecule has 3 rings (SSSR count). The summed E-state index contributed by atoms with van der Waals surface area (Å²) in [6.07, 6.45) is 2.05. The van der Waals surface area contributed by atoms with Crippen molar-refractivity contribution in [3.8, 4) is 5.75 Å². The summed E-state index contributed by atoms with van der Waals surface area (Å²) in [7, 11) is 3.28. The lowest BCUT2D eigenvalue weighted by atomic mass is 10.1. The fourth-order valence-electron chi connectivity index (χ4n) is 3.16. The molecule has 1 aromatic carbocycles. The van der Waals surface area contributed by atoms with Crippen LogP contribution in [-0.2, 0) is 27.3 Å². The first-order valence-electron chi connectivity index (χ1n) is 9.57. The topological polar surface area (TPSA) is 98.9 Å². The molecule has 2 heterocycles. The molecule has 0 N–H and O–H groups in total. The van der Waals surface area contributed by atoms with Crippen LogP contribution in [0.5, 0.6) is 5.75 Å². The Labute approximate surface area is 174 Å². The van der Waals surface area contributed by atoms with E-state index in [2.05, 4.69) is 15.1 Å². The van der Waals surface area contributed by atoms with Crippen LogP contribution in [-0.4, -0.2) is 57.1 Å². The lowest BCUT2D eigenvalue weighted by molar-refractivity contribution is -0.151. The van der Waals surface area contributed by atoms with Crippen molar-refractivity contribution in [2.75, 3.05) is 20.8 Å². The number of hydrogen-bond acceptors (Lipinski definition) is 7. The molecule has 1 amide bonds. The van der Waals surface area contributed by atoms with Crippen LogP contribution >= 0.6 is 0 Å². The van der Waals surface area contributed by atoms with Gasteiger partial charge in [-0.05, 0) is 43.5 Å². The largest absolute Gasteiger partial charge is 0.497 e. The minimum atomic E-state index is -0.432. The molecule has 0 aliphatic heterocycles. The van der Waals surface area contributed by atoms with Gasteiger partial charge in [0.25, 0.3) is 11.7 Å². The van der Waals surface area contributed by atoms with Crippen LogP contribution in [0.4, 0.5) is 0 Å². The van der Waals surface area contributed by atoms with E-state index in [9.17, 15) is 9.59 Å². The van der Waals surface area contributed by atoms with Crippen molar-refractivity contribution < 1.29 is 19.1 Å². The van der Waals surface area contributed by atoms with Gasteiger partial charge >= 0.3 is 5.97 Å². The molecule has 0 atom stereocenters. The van der Waals surface area contributed by atoms with Gasteiger partial charge in [0.05, 0.1) is 7.11 Å². The van der Waals surface area contributed by atoms with Gasteiger partial charge in [0.15, 0.2) is 6.61 Å². The lowest BCUT2D eigenvalue weighted by Crippen LogP contribution is -2.30. The number of hydrogen-bond donors (Lipinski definition) is 0. The number of ether oxygens (including phenoxy) is 2. The molecule has 30 heavy (non-hydrogen) atoms. The maximum absolute atomic E-state index is 12.3. The normalized spacial score (nSPS) is 10.8. The highest BCUT2D eigenvalue weighted by Gasteiger charge is 2.15. The van der Waals surface area contributed by atoms with Gasteiger partial charge in [0, 0.05) is 31.4 Å². The molecule has 0 fully saturated rings. The van der Waals surface area contributed by atoms with Crippen LogP contribution in [0.15, 0.2) is 30.6 Å². The summed E-state index contributed by atoms with van der Waals surface area (Å²) in [6, 6.07) is 7.45. The summed E-state index contributed by atoms with van der Waals surface area (Å²) in [5, 5.41) is 4.14. The number of carbonyl (C=O) groups excluding carboxylic acids is 2. The third-order valence-electron chi connectivity index (χ3n) is 4.93. The summed E-state index contributed by atoms with van der Waals surface area (Å²) < 4.78 is 11.9. The van der Waals surface area contributed by atoms with Crippen LogP contribution in [0.25, 0.3) is 5.78 Å². The predicted octanol–water partition coefficient (Wildman–Crippen LogP) is 1.88. The Bertz CT molecular complexity index is 1050. The van der Waals surface area contributed by atoms with Crippen LogP contribution in [0.2, 0.25) is 0 Å². The van der Waals surface area contributed by atoms with Crippen LogP contribution in [0, 0.1) is 13.8 Å². The van der Waals surface area contributed by atoms with Gasteiger partial charge in [-0.15, -0.1) is 0 Å². The number of methoxy groups -OCH3 is 1. The molecular formula is C21H25N5O4. The van der Waals surface area contributed by atoms with E-state index in [0.717, 1.165) is 28.3 Å². The van der Waals surface area contributed by atoms with Gasteiger partial charge in [0.1, 0.15) is 12.1 Å². The van der Waals surface area contributed by atoms with Crippen molar-refractivity contribution in [3.05, 3.63) is 53.1 Å². The molecule has 0 saturated heterocycles. The minimum Gasteiger partial charge on any atom is -0.497 e. The molecule has 158 valence electrons. The van der Waals surface area contributed by atoms with Crippen LogP contribution in [0.1, 0.15) is 28.9 Å². The summed E-state index contributed by atoms with van der Waals surface area (Å²) in [5.41, 5.74) is 3.57. The van der Waals surface area contributed by atoms with E-state index in [-0.39, 0.29) is 18.9 Å². The monoisotopic (exact) mass is 411 g/mol. The van der Waals surface area contributed by atoms with Gasteiger partial charge in [-0.25, -0.2) is 9.50 Å². The fraction of sp³-hybridized carbons (Fsp3) is 0.381. The lowest BCUT2D eigenvalue weighted by Gasteiger charge is -2.17. The molecule has 9 heteroatoms. The molecular weight excluding hydrogens is 386 g/mol. The zero-order valence-electron chi connectivity index (χ0n) is 17.6. The zero-order chi connectivity index (χ0) is 21.7. The molecule has 0 spiro atoms. The second kappa shape index (κ2) is 9.34. The fourth-order valence-corrected chi connectivity index (χ4v) is 3.16. The second-order valence-electron chi connectivity index (χ2n) is 6.99. The first-order chi connectivity index (χ1) is 14.4. The first-order valence-corrected chi connectivity index (χ1v) is 9.57. The third kappa shape index (κ3) is 4.91. The highest BCUT2D eigenvalue weighted by atomic mass is 16.5. The average Bonchev–Trinajstić information content (AvgIpc) is 3.20. The SMILES string of the molecule is COc1ccc(CN(C)C(=O)COC(=O)CCc2c(C)nc3ncnn3c2C)cc1. The summed E-state index contributed by atoms with van der Waals surface area (Å²) in [4.78, 5) is 34.4. The highest BCUT2D eigenvalue weighted by Crippen LogP contribution is 2.15. The van der Waals surface area contributed by atoms with E-state index < -0.39 is 5.97 Å².